The van der Waals surface area contributed by atoms with Gasteiger partial charge in [-0.2, -0.15) is 0 Å². The van der Waals surface area contributed by atoms with Gasteiger partial charge in [-0.05, 0) is 37.0 Å². The molecule has 0 aliphatic rings. The number of carbonyl (C=O) groups is 2. The Morgan fingerprint density at radius 1 is 1.21 bits per heavy atom. The molecule has 1 aromatic rings. The van der Waals surface area contributed by atoms with Crippen molar-refractivity contribution in [1.82, 2.24) is 0 Å². The fourth-order valence-corrected chi connectivity index (χ4v) is 1.79. The van der Waals surface area contributed by atoms with Crippen LogP contribution in [-0.2, 0) is 31.9 Å². The number of methoxy groups -OCH3 is 1. The zero-order valence-electron chi connectivity index (χ0n) is 11.7. The predicted octanol–water partition coefficient (Wildman–Crippen LogP) is 2.21. The van der Waals surface area contributed by atoms with Gasteiger partial charge >= 0.3 is 11.9 Å². The number of esters is 2. The van der Waals surface area contributed by atoms with E-state index in [0.29, 0.717) is 19.4 Å². The van der Waals surface area contributed by atoms with Crippen LogP contribution in [0.25, 0.3) is 0 Å². The monoisotopic (exact) mass is 264 g/mol. The Bertz CT molecular complexity index is 451. The van der Waals surface area contributed by atoms with Crippen LogP contribution in [0.15, 0.2) is 18.2 Å². The first-order chi connectivity index (χ1) is 9.06. The molecule has 4 heteroatoms. The molecule has 0 fully saturated rings. The smallest absolute Gasteiger partial charge is 0.310 e. The third kappa shape index (κ3) is 5.12. The van der Waals surface area contributed by atoms with Gasteiger partial charge in [0.2, 0.25) is 0 Å². The predicted molar refractivity (Wildman–Crippen MR) is 71.9 cm³/mol. The van der Waals surface area contributed by atoms with Crippen molar-refractivity contribution in [2.75, 3.05) is 13.7 Å². The molecule has 1 aromatic carbocycles. The fraction of sp³-hybridized carbons (Fsp3) is 0.467. The lowest BCUT2D eigenvalue weighted by Crippen LogP contribution is -2.09. The molecule has 0 N–H and O–H groups in total. The lowest BCUT2D eigenvalue weighted by molar-refractivity contribution is -0.142. The van der Waals surface area contributed by atoms with Crippen molar-refractivity contribution < 1.29 is 19.1 Å². The van der Waals surface area contributed by atoms with E-state index in [0.717, 1.165) is 16.7 Å². The standard InChI is InChI=1S/C15H20O4/c1-4-19-15(17)10-13-9-12(6-5-11(13)2)7-8-14(16)18-3/h5-6,9H,4,7-8,10H2,1-3H3. The van der Waals surface area contributed by atoms with Gasteiger partial charge < -0.3 is 9.47 Å². The Morgan fingerprint density at radius 2 is 1.95 bits per heavy atom. The average molecular weight is 264 g/mol. The minimum absolute atomic E-state index is 0.226. The third-order valence-electron chi connectivity index (χ3n) is 2.90. The Kier molecular flexibility index (Phi) is 6.06. The molecule has 0 amide bonds. The zero-order chi connectivity index (χ0) is 14.3. The molecule has 1 rings (SSSR count). The first-order valence-electron chi connectivity index (χ1n) is 6.37. The summed E-state index contributed by atoms with van der Waals surface area (Å²) in [5.41, 5.74) is 3.02. The minimum Gasteiger partial charge on any atom is -0.469 e. The summed E-state index contributed by atoms with van der Waals surface area (Å²) >= 11 is 0. The van der Waals surface area contributed by atoms with Gasteiger partial charge in [0, 0.05) is 6.42 Å². The van der Waals surface area contributed by atoms with Crippen LogP contribution in [0, 0.1) is 6.92 Å². The van der Waals surface area contributed by atoms with E-state index in [9.17, 15) is 9.59 Å². The largest absolute Gasteiger partial charge is 0.469 e. The molecule has 0 unspecified atom stereocenters. The van der Waals surface area contributed by atoms with E-state index < -0.39 is 0 Å². The molecule has 0 saturated carbocycles. The minimum atomic E-state index is -0.229. The van der Waals surface area contributed by atoms with Crippen LogP contribution < -0.4 is 0 Å². The molecule has 0 radical (unpaired) electrons. The van der Waals surface area contributed by atoms with Crippen LogP contribution >= 0.6 is 0 Å². The highest BCUT2D eigenvalue weighted by Gasteiger charge is 2.08. The first-order valence-corrected chi connectivity index (χ1v) is 6.37. The average Bonchev–Trinajstić information content (AvgIpc) is 2.39. The maximum Gasteiger partial charge on any atom is 0.310 e. The summed E-state index contributed by atoms with van der Waals surface area (Å²) in [6, 6.07) is 5.88. The van der Waals surface area contributed by atoms with Crippen molar-refractivity contribution in [2.45, 2.75) is 33.1 Å². The number of aryl methyl sites for hydroxylation is 2. The molecule has 0 heterocycles. The van der Waals surface area contributed by atoms with Crippen LogP contribution in [0.3, 0.4) is 0 Å². The van der Waals surface area contributed by atoms with Crippen molar-refractivity contribution in [3.8, 4) is 0 Å². The number of hydrogen-bond donors (Lipinski definition) is 0. The summed E-state index contributed by atoms with van der Waals surface area (Å²) in [4.78, 5) is 22.6. The van der Waals surface area contributed by atoms with E-state index >= 15 is 0 Å². The number of benzene rings is 1. The second-order valence-corrected chi connectivity index (χ2v) is 4.32. The molecule has 0 bridgehead atoms. The highest BCUT2D eigenvalue weighted by atomic mass is 16.5. The lowest BCUT2D eigenvalue weighted by atomic mass is 10.00. The Hall–Kier alpha value is -1.84. The number of rotatable bonds is 6. The van der Waals surface area contributed by atoms with Crippen LogP contribution in [0.5, 0.6) is 0 Å². The maximum absolute atomic E-state index is 11.5. The van der Waals surface area contributed by atoms with Gasteiger partial charge in [0.25, 0.3) is 0 Å². The summed E-state index contributed by atoms with van der Waals surface area (Å²) in [6.07, 6.45) is 1.23. The summed E-state index contributed by atoms with van der Waals surface area (Å²) in [7, 11) is 1.38. The first kappa shape index (κ1) is 15.2. The van der Waals surface area contributed by atoms with Gasteiger partial charge in [0.1, 0.15) is 0 Å². The van der Waals surface area contributed by atoms with E-state index in [-0.39, 0.29) is 18.4 Å². The van der Waals surface area contributed by atoms with Crippen LogP contribution in [0.2, 0.25) is 0 Å². The molecular formula is C15H20O4. The van der Waals surface area contributed by atoms with Gasteiger partial charge in [0.05, 0.1) is 20.1 Å². The van der Waals surface area contributed by atoms with Gasteiger partial charge in [0.15, 0.2) is 0 Å². The van der Waals surface area contributed by atoms with Gasteiger partial charge in [-0.15, -0.1) is 0 Å². The second kappa shape index (κ2) is 7.56. The van der Waals surface area contributed by atoms with Crippen molar-refractivity contribution in [2.24, 2.45) is 0 Å². The second-order valence-electron chi connectivity index (χ2n) is 4.32. The number of carbonyl (C=O) groups excluding carboxylic acids is 2. The van der Waals surface area contributed by atoms with Gasteiger partial charge in [-0.3, -0.25) is 9.59 Å². The van der Waals surface area contributed by atoms with Gasteiger partial charge in [-0.1, -0.05) is 18.2 Å². The van der Waals surface area contributed by atoms with E-state index in [1.807, 2.05) is 25.1 Å². The number of hydrogen-bond acceptors (Lipinski definition) is 4. The topological polar surface area (TPSA) is 52.6 Å². The van der Waals surface area contributed by atoms with E-state index in [1.54, 1.807) is 6.92 Å². The van der Waals surface area contributed by atoms with Crippen molar-refractivity contribution in [3.05, 3.63) is 34.9 Å². The maximum atomic E-state index is 11.5. The molecular weight excluding hydrogens is 244 g/mol. The zero-order valence-corrected chi connectivity index (χ0v) is 11.7. The lowest BCUT2D eigenvalue weighted by Gasteiger charge is -2.08. The van der Waals surface area contributed by atoms with Gasteiger partial charge in [-0.25, -0.2) is 0 Å². The molecule has 104 valence electrons. The molecule has 0 aliphatic heterocycles. The highest BCUT2D eigenvalue weighted by Crippen LogP contribution is 2.14. The van der Waals surface area contributed by atoms with E-state index in [1.165, 1.54) is 7.11 Å². The van der Waals surface area contributed by atoms with E-state index in [2.05, 4.69) is 4.74 Å². The summed E-state index contributed by atoms with van der Waals surface area (Å²) in [5.74, 6) is -0.455. The molecule has 4 nitrogen and oxygen atoms in total. The van der Waals surface area contributed by atoms with Crippen LogP contribution in [0.1, 0.15) is 30.0 Å². The summed E-state index contributed by atoms with van der Waals surface area (Å²) < 4.78 is 9.55. The normalized spacial score (nSPS) is 10.1. The van der Waals surface area contributed by atoms with Crippen molar-refractivity contribution >= 4 is 11.9 Å². The molecule has 0 spiro atoms. The molecule has 19 heavy (non-hydrogen) atoms. The number of ether oxygens (including phenoxy) is 2. The van der Waals surface area contributed by atoms with Crippen molar-refractivity contribution in [1.29, 1.82) is 0 Å². The van der Waals surface area contributed by atoms with E-state index in [4.69, 9.17) is 4.74 Å². The molecule has 0 aromatic heterocycles. The SMILES string of the molecule is CCOC(=O)Cc1cc(CCC(=O)OC)ccc1C. The quantitative estimate of drug-likeness (QED) is 0.739. The van der Waals surface area contributed by atoms with Crippen LogP contribution in [-0.4, -0.2) is 25.7 Å². The van der Waals surface area contributed by atoms with Crippen molar-refractivity contribution in [3.63, 3.8) is 0 Å². The molecule has 0 aliphatic carbocycles. The Labute approximate surface area is 113 Å². The Morgan fingerprint density at radius 3 is 2.58 bits per heavy atom. The molecule has 0 atom stereocenters. The highest BCUT2D eigenvalue weighted by molar-refractivity contribution is 5.73. The third-order valence-corrected chi connectivity index (χ3v) is 2.90. The fourth-order valence-electron chi connectivity index (χ4n) is 1.79. The molecule has 0 saturated heterocycles. The summed E-state index contributed by atoms with van der Waals surface area (Å²) in [6.45, 7) is 4.14. The Balaban J connectivity index is 2.71. The summed E-state index contributed by atoms with van der Waals surface area (Å²) in [5, 5.41) is 0. The van der Waals surface area contributed by atoms with Crippen LogP contribution in [0.4, 0.5) is 0 Å².